The zero-order valence-electron chi connectivity index (χ0n) is 12.0. The number of halogens is 1. The fourth-order valence-corrected chi connectivity index (χ4v) is 2.80. The number of rotatable bonds is 3. The number of allylic oxidation sites excluding steroid dienone is 2. The Morgan fingerprint density at radius 1 is 1.14 bits per heavy atom. The number of carboxylic acid groups (broad SMARTS) is 1. The number of anilines is 1. The molecule has 0 aromatic heterocycles. The van der Waals surface area contributed by atoms with Crippen molar-refractivity contribution in [1.29, 1.82) is 0 Å². The Morgan fingerprint density at radius 3 is 2.29 bits per heavy atom. The fourth-order valence-electron chi connectivity index (χ4n) is 2.62. The highest BCUT2D eigenvalue weighted by molar-refractivity contribution is 6.33. The van der Waals surface area contributed by atoms with Gasteiger partial charge in [-0.25, -0.2) is 0 Å². The van der Waals surface area contributed by atoms with E-state index in [2.05, 4.69) is 5.32 Å². The second-order valence-corrected chi connectivity index (χ2v) is 5.90. The summed E-state index contributed by atoms with van der Waals surface area (Å²) in [4.78, 5) is 23.8. The molecule has 2 atom stereocenters. The monoisotopic (exact) mass is 307 g/mol. The smallest absolute Gasteiger partial charge is 0.307 e. The van der Waals surface area contributed by atoms with E-state index in [0.717, 1.165) is 11.1 Å². The van der Waals surface area contributed by atoms with E-state index in [9.17, 15) is 14.7 Å². The summed E-state index contributed by atoms with van der Waals surface area (Å²) in [5.41, 5.74) is 2.66. The molecular formula is C16H18ClNO3. The maximum absolute atomic E-state index is 12.4. The van der Waals surface area contributed by atoms with Crippen LogP contribution in [0.5, 0.6) is 0 Å². The van der Waals surface area contributed by atoms with Crippen LogP contribution in [0.15, 0.2) is 35.4 Å². The van der Waals surface area contributed by atoms with Crippen molar-refractivity contribution in [3.8, 4) is 0 Å². The molecule has 2 rings (SSSR count). The van der Waals surface area contributed by atoms with E-state index in [-0.39, 0.29) is 5.91 Å². The second-order valence-electron chi connectivity index (χ2n) is 5.49. The Morgan fingerprint density at radius 2 is 1.71 bits per heavy atom. The van der Waals surface area contributed by atoms with Crippen LogP contribution in [0.4, 0.5) is 5.69 Å². The fraction of sp³-hybridized carbons (Fsp3) is 0.375. The van der Waals surface area contributed by atoms with Crippen LogP contribution in [0, 0.1) is 11.8 Å². The van der Waals surface area contributed by atoms with Gasteiger partial charge in [0.05, 0.1) is 22.5 Å². The summed E-state index contributed by atoms with van der Waals surface area (Å²) in [6, 6.07) is 6.93. The Labute approximate surface area is 128 Å². The molecule has 2 N–H and O–H groups in total. The van der Waals surface area contributed by atoms with Crippen molar-refractivity contribution in [2.24, 2.45) is 11.8 Å². The Bertz CT molecular complexity index is 609. The number of hydrogen-bond donors (Lipinski definition) is 2. The molecule has 0 aliphatic heterocycles. The van der Waals surface area contributed by atoms with Crippen LogP contribution >= 0.6 is 11.6 Å². The minimum atomic E-state index is -0.929. The van der Waals surface area contributed by atoms with Crippen LogP contribution in [-0.4, -0.2) is 17.0 Å². The molecule has 112 valence electrons. The quantitative estimate of drug-likeness (QED) is 0.836. The molecule has 0 fully saturated rings. The van der Waals surface area contributed by atoms with E-state index in [1.165, 1.54) is 0 Å². The zero-order chi connectivity index (χ0) is 15.6. The topological polar surface area (TPSA) is 66.4 Å². The summed E-state index contributed by atoms with van der Waals surface area (Å²) in [5, 5.41) is 12.5. The summed E-state index contributed by atoms with van der Waals surface area (Å²) < 4.78 is 0. The van der Waals surface area contributed by atoms with Crippen LogP contribution < -0.4 is 5.32 Å². The summed E-state index contributed by atoms with van der Waals surface area (Å²) in [6.07, 6.45) is 0.890. The molecule has 21 heavy (non-hydrogen) atoms. The Balaban J connectivity index is 2.21. The van der Waals surface area contributed by atoms with Crippen LogP contribution in [0.3, 0.4) is 0 Å². The van der Waals surface area contributed by atoms with Crippen LogP contribution in [0.25, 0.3) is 0 Å². The predicted octanol–water partition coefficient (Wildman–Crippen LogP) is 3.73. The summed E-state index contributed by atoms with van der Waals surface area (Å²) >= 11 is 6.02. The Hall–Kier alpha value is -1.81. The van der Waals surface area contributed by atoms with E-state index in [1.807, 2.05) is 13.8 Å². The van der Waals surface area contributed by atoms with E-state index in [4.69, 9.17) is 11.6 Å². The molecule has 0 saturated heterocycles. The SMILES string of the molecule is CC1=C(C)C[C@@H](C(=O)Nc2ccccc2Cl)[C@H](C(=O)O)C1. The standard InChI is InChI=1S/C16H18ClNO3/c1-9-7-11(12(16(20)21)8-10(9)2)15(19)18-14-6-4-3-5-13(14)17/h3-6,11-12H,7-8H2,1-2H3,(H,18,19)(H,20,21)/t11-,12-/m1/s1. The number of carboxylic acids is 1. The van der Waals surface area contributed by atoms with Gasteiger partial charge >= 0.3 is 5.97 Å². The van der Waals surface area contributed by atoms with Gasteiger partial charge in [0.1, 0.15) is 0 Å². The summed E-state index contributed by atoms with van der Waals surface area (Å²) in [5.74, 6) is -2.47. The van der Waals surface area contributed by atoms with Gasteiger partial charge in [-0.3, -0.25) is 9.59 Å². The number of hydrogen-bond acceptors (Lipinski definition) is 2. The molecule has 0 unspecified atom stereocenters. The minimum Gasteiger partial charge on any atom is -0.481 e. The average molecular weight is 308 g/mol. The van der Waals surface area contributed by atoms with Crippen LogP contribution in [0.1, 0.15) is 26.7 Å². The molecule has 0 bridgehead atoms. The number of aliphatic carboxylic acids is 1. The van der Waals surface area contributed by atoms with Crippen molar-refractivity contribution in [2.45, 2.75) is 26.7 Å². The second kappa shape index (κ2) is 6.31. The van der Waals surface area contributed by atoms with Gasteiger partial charge in [0.25, 0.3) is 0 Å². The van der Waals surface area contributed by atoms with Crippen molar-refractivity contribution < 1.29 is 14.7 Å². The van der Waals surface area contributed by atoms with E-state index < -0.39 is 17.8 Å². The van der Waals surface area contributed by atoms with Crippen molar-refractivity contribution in [3.63, 3.8) is 0 Å². The molecule has 1 aliphatic carbocycles. The first-order valence-corrected chi connectivity index (χ1v) is 7.21. The van der Waals surface area contributed by atoms with Crippen molar-refractivity contribution in [3.05, 3.63) is 40.4 Å². The maximum Gasteiger partial charge on any atom is 0.307 e. The average Bonchev–Trinajstić information content (AvgIpc) is 2.43. The van der Waals surface area contributed by atoms with Gasteiger partial charge in [0.15, 0.2) is 0 Å². The van der Waals surface area contributed by atoms with Crippen molar-refractivity contribution in [1.82, 2.24) is 0 Å². The summed E-state index contributed by atoms with van der Waals surface area (Å²) in [7, 11) is 0. The minimum absolute atomic E-state index is 0.289. The lowest BCUT2D eigenvalue weighted by molar-refractivity contribution is -0.146. The van der Waals surface area contributed by atoms with Crippen LogP contribution in [-0.2, 0) is 9.59 Å². The molecule has 1 aromatic carbocycles. The highest BCUT2D eigenvalue weighted by Crippen LogP contribution is 2.35. The molecule has 0 spiro atoms. The molecule has 1 amide bonds. The molecule has 1 aliphatic rings. The van der Waals surface area contributed by atoms with Gasteiger partial charge in [-0.15, -0.1) is 0 Å². The van der Waals surface area contributed by atoms with Gasteiger partial charge in [-0.2, -0.15) is 0 Å². The number of amides is 1. The number of carbonyl (C=O) groups is 2. The third-order valence-corrected chi connectivity index (χ3v) is 4.38. The molecule has 5 heteroatoms. The highest BCUT2D eigenvalue weighted by atomic mass is 35.5. The molecule has 0 saturated carbocycles. The summed E-state index contributed by atoms with van der Waals surface area (Å²) in [6.45, 7) is 3.87. The van der Waals surface area contributed by atoms with E-state index >= 15 is 0 Å². The van der Waals surface area contributed by atoms with Gasteiger partial charge in [0, 0.05) is 0 Å². The first-order chi connectivity index (χ1) is 9.90. The van der Waals surface area contributed by atoms with E-state index in [1.54, 1.807) is 24.3 Å². The van der Waals surface area contributed by atoms with Gasteiger partial charge in [0.2, 0.25) is 5.91 Å². The Kier molecular flexibility index (Phi) is 4.68. The normalized spacial score (nSPS) is 22.0. The largest absolute Gasteiger partial charge is 0.481 e. The third kappa shape index (κ3) is 3.45. The number of benzene rings is 1. The predicted molar refractivity (Wildman–Crippen MR) is 82.3 cm³/mol. The zero-order valence-corrected chi connectivity index (χ0v) is 12.8. The number of para-hydroxylation sites is 1. The molecule has 4 nitrogen and oxygen atoms in total. The first kappa shape index (κ1) is 15.6. The molecule has 1 aromatic rings. The van der Waals surface area contributed by atoms with Gasteiger partial charge < -0.3 is 10.4 Å². The molecule has 0 radical (unpaired) electrons. The van der Waals surface area contributed by atoms with E-state index in [0.29, 0.717) is 23.6 Å². The molecule has 0 heterocycles. The maximum atomic E-state index is 12.4. The van der Waals surface area contributed by atoms with Crippen molar-refractivity contribution >= 4 is 29.2 Å². The highest BCUT2D eigenvalue weighted by Gasteiger charge is 2.37. The lowest BCUT2D eigenvalue weighted by atomic mass is 9.76. The number of carbonyl (C=O) groups excluding carboxylic acids is 1. The molecular weight excluding hydrogens is 290 g/mol. The first-order valence-electron chi connectivity index (χ1n) is 6.83. The third-order valence-electron chi connectivity index (χ3n) is 4.05. The van der Waals surface area contributed by atoms with Crippen LogP contribution in [0.2, 0.25) is 5.02 Å². The van der Waals surface area contributed by atoms with Gasteiger partial charge in [-0.1, -0.05) is 34.9 Å². The lowest BCUT2D eigenvalue weighted by Crippen LogP contribution is -2.36. The van der Waals surface area contributed by atoms with Gasteiger partial charge in [-0.05, 0) is 38.8 Å². The number of nitrogens with one attached hydrogen (secondary N) is 1. The van der Waals surface area contributed by atoms with Crippen molar-refractivity contribution in [2.75, 3.05) is 5.32 Å². The lowest BCUT2D eigenvalue weighted by Gasteiger charge is -2.29.